The number of hydrogen-bond acceptors (Lipinski definition) is 4. The second-order valence-corrected chi connectivity index (χ2v) is 7.84. The average molecular weight is 415 g/mol. The second-order valence-electron chi connectivity index (χ2n) is 7.03. The highest BCUT2D eigenvalue weighted by Gasteiger charge is 2.39. The summed E-state index contributed by atoms with van der Waals surface area (Å²) >= 11 is 12.2. The minimum Gasteiger partial charge on any atom is -0.468 e. The van der Waals surface area contributed by atoms with Gasteiger partial charge in [0.2, 0.25) is 5.91 Å². The minimum atomic E-state index is -0.953. The lowest BCUT2D eigenvalue weighted by atomic mass is 9.74. The van der Waals surface area contributed by atoms with E-state index in [2.05, 4.69) is 15.4 Å². The average Bonchev–Trinajstić information content (AvgIpc) is 3.14. The first kappa shape index (κ1) is 21.5. The van der Waals surface area contributed by atoms with Gasteiger partial charge in [-0.25, -0.2) is 4.79 Å². The number of ether oxygens (including phenoxy) is 1. The Morgan fingerprint density at radius 2 is 1.85 bits per heavy atom. The number of esters is 1. The quantitative estimate of drug-likeness (QED) is 0.692. The van der Waals surface area contributed by atoms with Crippen molar-refractivity contribution in [3.05, 3.63) is 33.8 Å². The predicted octanol–water partition coefficient (Wildman–Crippen LogP) is 3.83. The molecule has 1 aliphatic carbocycles. The maximum Gasteiger partial charge on any atom is 0.325 e. The molecular weight excluding hydrogens is 391 g/mol. The van der Waals surface area contributed by atoms with Gasteiger partial charge in [0, 0.05) is 0 Å². The maximum atomic E-state index is 13.0. The van der Waals surface area contributed by atoms with Crippen molar-refractivity contribution in [2.24, 2.45) is 5.92 Å². The maximum absolute atomic E-state index is 13.0. The molecule has 1 aromatic carbocycles. The van der Waals surface area contributed by atoms with Crippen molar-refractivity contribution in [2.45, 2.75) is 44.4 Å². The zero-order valence-corrected chi connectivity index (χ0v) is 17.0. The molecule has 0 aromatic heterocycles. The Labute approximate surface area is 168 Å². The number of imide groups is 1. The van der Waals surface area contributed by atoms with E-state index in [1.807, 2.05) is 0 Å². The van der Waals surface area contributed by atoms with Crippen LogP contribution in [0.5, 0.6) is 0 Å². The number of rotatable bonds is 6. The summed E-state index contributed by atoms with van der Waals surface area (Å²) in [6.45, 7) is 1.48. The molecule has 0 bridgehead atoms. The van der Waals surface area contributed by atoms with Crippen molar-refractivity contribution in [3.8, 4) is 0 Å². The van der Waals surface area contributed by atoms with Gasteiger partial charge in [-0.15, -0.1) is 0 Å². The topological polar surface area (TPSA) is 84.5 Å². The van der Waals surface area contributed by atoms with Crippen molar-refractivity contribution in [1.29, 1.82) is 0 Å². The Morgan fingerprint density at radius 1 is 1.19 bits per heavy atom. The summed E-state index contributed by atoms with van der Waals surface area (Å²) in [7, 11) is 1.22. The van der Waals surface area contributed by atoms with Crippen LogP contribution >= 0.6 is 23.2 Å². The molecule has 1 aromatic rings. The van der Waals surface area contributed by atoms with Crippen LogP contribution in [0.1, 0.15) is 44.6 Å². The molecule has 2 N–H and O–H groups in total. The van der Waals surface area contributed by atoms with E-state index in [9.17, 15) is 14.4 Å². The molecule has 1 aliphatic rings. The standard InChI is InChI=1S/C19H24Cl2N2O4/c1-19(10-12-5-3-4-6-12,13-7-8-14(20)15(21)9-13)17(25)23-18(26)22-11-16(24)27-2/h7-9,12H,3-6,10-11H2,1-2H3,(H2,22,23,25,26). The van der Waals surface area contributed by atoms with E-state index in [-0.39, 0.29) is 6.54 Å². The fourth-order valence-electron chi connectivity index (χ4n) is 3.48. The van der Waals surface area contributed by atoms with Crippen LogP contribution in [0.4, 0.5) is 4.79 Å². The molecule has 8 heteroatoms. The third-order valence-corrected chi connectivity index (χ3v) is 5.82. The molecule has 0 saturated heterocycles. The molecule has 1 unspecified atom stereocenters. The summed E-state index contributed by atoms with van der Waals surface area (Å²) in [5, 5.41) is 5.40. The Bertz CT molecular complexity index is 720. The van der Waals surface area contributed by atoms with Gasteiger partial charge in [0.1, 0.15) is 6.54 Å². The molecule has 0 radical (unpaired) electrons. The first-order valence-corrected chi connectivity index (χ1v) is 9.63. The molecule has 27 heavy (non-hydrogen) atoms. The third-order valence-electron chi connectivity index (χ3n) is 5.08. The van der Waals surface area contributed by atoms with Crippen LogP contribution in [0.25, 0.3) is 0 Å². The van der Waals surface area contributed by atoms with Crippen molar-refractivity contribution in [2.75, 3.05) is 13.7 Å². The fourth-order valence-corrected chi connectivity index (χ4v) is 3.78. The van der Waals surface area contributed by atoms with Gasteiger partial charge in [0.25, 0.3) is 0 Å². The lowest BCUT2D eigenvalue weighted by Crippen LogP contribution is -2.50. The summed E-state index contributed by atoms with van der Waals surface area (Å²) in [5.41, 5.74) is -0.256. The molecule has 1 fully saturated rings. The van der Waals surface area contributed by atoms with E-state index >= 15 is 0 Å². The molecule has 0 spiro atoms. The van der Waals surface area contributed by atoms with Crippen LogP contribution in [0.15, 0.2) is 18.2 Å². The number of carbonyl (C=O) groups is 3. The summed E-state index contributed by atoms with van der Waals surface area (Å²) in [5.74, 6) is -0.653. The number of halogens is 2. The highest BCUT2D eigenvalue weighted by Crippen LogP contribution is 2.39. The number of amides is 3. The summed E-state index contributed by atoms with van der Waals surface area (Å²) in [6.07, 6.45) is 4.99. The van der Waals surface area contributed by atoms with Crippen molar-refractivity contribution in [1.82, 2.24) is 10.6 Å². The molecular formula is C19H24Cl2N2O4. The smallest absolute Gasteiger partial charge is 0.325 e. The van der Waals surface area contributed by atoms with Gasteiger partial charge >= 0.3 is 12.0 Å². The van der Waals surface area contributed by atoms with E-state index in [0.717, 1.165) is 25.7 Å². The molecule has 2 rings (SSSR count). The zero-order chi connectivity index (χ0) is 20.0. The first-order valence-electron chi connectivity index (χ1n) is 8.88. The van der Waals surface area contributed by atoms with Gasteiger partial charge in [0.05, 0.1) is 22.6 Å². The first-order chi connectivity index (χ1) is 12.8. The number of methoxy groups -OCH3 is 1. The SMILES string of the molecule is COC(=O)CNC(=O)NC(=O)C(C)(CC1CCCC1)c1ccc(Cl)c(Cl)c1. The van der Waals surface area contributed by atoms with Crippen LogP contribution in [0, 0.1) is 5.92 Å². The van der Waals surface area contributed by atoms with Gasteiger partial charge in [-0.3, -0.25) is 14.9 Å². The van der Waals surface area contributed by atoms with Gasteiger partial charge in [0.15, 0.2) is 0 Å². The lowest BCUT2D eigenvalue weighted by Gasteiger charge is -2.31. The van der Waals surface area contributed by atoms with Crippen LogP contribution in [-0.2, 0) is 19.7 Å². The normalized spacial score (nSPS) is 16.4. The highest BCUT2D eigenvalue weighted by atomic mass is 35.5. The van der Waals surface area contributed by atoms with Crippen LogP contribution in [-0.4, -0.2) is 31.6 Å². The van der Waals surface area contributed by atoms with Crippen molar-refractivity contribution < 1.29 is 19.1 Å². The number of carbonyl (C=O) groups excluding carboxylic acids is 3. The molecule has 1 atom stereocenters. The van der Waals surface area contributed by atoms with Gasteiger partial charge in [-0.2, -0.15) is 0 Å². The molecule has 0 aliphatic heterocycles. The zero-order valence-electron chi connectivity index (χ0n) is 15.4. The van der Waals surface area contributed by atoms with E-state index in [1.54, 1.807) is 25.1 Å². The lowest BCUT2D eigenvalue weighted by molar-refractivity contribution is -0.139. The Hall–Kier alpha value is -1.79. The number of urea groups is 1. The van der Waals surface area contributed by atoms with Crippen LogP contribution < -0.4 is 10.6 Å². The number of nitrogens with one attached hydrogen (secondary N) is 2. The number of benzene rings is 1. The van der Waals surface area contributed by atoms with E-state index in [0.29, 0.717) is 27.9 Å². The van der Waals surface area contributed by atoms with Crippen molar-refractivity contribution >= 4 is 41.1 Å². The predicted molar refractivity (Wildman–Crippen MR) is 104 cm³/mol. The van der Waals surface area contributed by atoms with Gasteiger partial charge < -0.3 is 10.1 Å². The molecule has 0 heterocycles. The van der Waals surface area contributed by atoms with Crippen molar-refractivity contribution in [3.63, 3.8) is 0 Å². The third kappa shape index (κ3) is 5.59. The monoisotopic (exact) mass is 414 g/mol. The molecule has 1 saturated carbocycles. The van der Waals surface area contributed by atoms with Gasteiger partial charge in [-0.1, -0.05) is 55.0 Å². The van der Waals surface area contributed by atoms with E-state index in [1.165, 1.54) is 7.11 Å². The highest BCUT2D eigenvalue weighted by molar-refractivity contribution is 6.42. The van der Waals surface area contributed by atoms with Crippen LogP contribution in [0.3, 0.4) is 0 Å². The summed E-state index contributed by atoms with van der Waals surface area (Å²) in [4.78, 5) is 36.2. The van der Waals surface area contributed by atoms with Crippen LogP contribution in [0.2, 0.25) is 10.0 Å². The minimum absolute atomic E-state index is 0.318. The van der Waals surface area contributed by atoms with Gasteiger partial charge in [-0.05, 0) is 37.0 Å². The Kier molecular flexibility index (Phi) is 7.50. The van der Waals surface area contributed by atoms with E-state index < -0.39 is 23.3 Å². The Balaban J connectivity index is 2.19. The molecule has 6 nitrogen and oxygen atoms in total. The van der Waals surface area contributed by atoms with E-state index in [4.69, 9.17) is 23.2 Å². The summed E-state index contributed by atoms with van der Waals surface area (Å²) < 4.78 is 4.46. The molecule has 148 valence electrons. The largest absolute Gasteiger partial charge is 0.468 e. The fraction of sp³-hybridized carbons (Fsp3) is 0.526. The second kappa shape index (κ2) is 9.42. The Morgan fingerprint density at radius 3 is 2.44 bits per heavy atom. The number of hydrogen-bond donors (Lipinski definition) is 2. The molecule has 3 amide bonds. The summed E-state index contributed by atoms with van der Waals surface area (Å²) in [6, 6.07) is 4.33.